The maximum Gasteiger partial charge on any atom is 0.390 e. The number of halogens is 3. The highest BCUT2D eigenvalue weighted by Gasteiger charge is 2.29. The molecule has 2 rings (SSSR count). The molecule has 1 heterocycles. The Kier molecular flexibility index (Phi) is 4.70. The lowest BCUT2D eigenvalue weighted by Gasteiger charge is -2.15. The number of benzene rings is 1. The summed E-state index contributed by atoms with van der Waals surface area (Å²) in [5.41, 5.74) is 1.16. The number of nitrogens with one attached hydrogen (secondary N) is 1. The van der Waals surface area contributed by atoms with E-state index in [1.165, 1.54) is 5.39 Å². The third-order valence-electron chi connectivity index (χ3n) is 3.29. The molecule has 110 valence electrons. The molecular weight excluding hydrogens is 265 g/mol. The highest BCUT2D eigenvalue weighted by atomic mass is 19.4. The van der Waals surface area contributed by atoms with Crippen molar-refractivity contribution in [2.24, 2.45) is 0 Å². The van der Waals surface area contributed by atoms with Crippen LogP contribution in [0.3, 0.4) is 0 Å². The van der Waals surface area contributed by atoms with E-state index in [1.54, 1.807) is 6.92 Å². The second-order valence-corrected chi connectivity index (χ2v) is 5.10. The molecule has 2 aromatic rings. The van der Waals surface area contributed by atoms with Gasteiger partial charge in [0.1, 0.15) is 0 Å². The molecule has 0 radical (unpaired) electrons. The van der Waals surface area contributed by atoms with Gasteiger partial charge in [-0.2, -0.15) is 13.2 Å². The van der Waals surface area contributed by atoms with Crippen LogP contribution in [-0.2, 0) is 6.54 Å². The van der Waals surface area contributed by atoms with Crippen molar-refractivity contribution < 1.29 is 13.2 Å². The van der Waals surface area contributed by atoms with E-state index in [2.05, 4.69) is 28.1 Å². The van der Waals surface area contributed by atoms with E-state index in [9.17, 15) is 13.2 Å². The SMILES string of the molecule is CC(CC(F)(F)F)NCCCn1ccc2ccccc21. The second-order valence-electron chi connectivity index (χ2n) is 5.10. The average Bonchev–Trinajstić information content (AvgIpc) is 2.76. The average molecular weight is 284 g/mol. The summed E-state index contributed by atoms with van der Waals surface area (Å²) in [6, 6.07) is 9.60. The third-order valence-corrected chi connectivity index (χ3v) is 3.29. The molecule has 1 unspecified atom stereocenters. The number of fused-ring (bicyclic) bond motifs is 1. The number of aryl methyl sites for hydroxylation is 1. The van der Waals surface area contributed by atoms with Crippen molar-refractivity contribution in [3.05, 3.63) is 36.5 Å². The first kappa shape index (κ1) is 14.9. The molecule has 5 heteroatoms. The topological polar surface area (TPSA) is 17.0 Å². The third kappa shape index (κ3) is 4.27. The van der Waals surface area contributed by atoms with Crippen LogP contribution in [0.25, 0.3) is 10.9 Å². The minimum absolute atomic E-state index is 0.531. The van der Waals surface area contributed by atoms with Crippen molar-refractivity contribution >= 4 is 10.9 Å². The van der Waals surface area contributed by atoms with Crippen molar-refractivity contribution in [3.63, 3.8) is 0 Å². The van der Waals surface area contributed by atoms with Gasteiger partial charge in [0.25, 0.3) is 0 Å². The molecule has 0 saturated carbocycles. The van der Waals surface area contributed by atoms with Crippen molar-refractivity contribution in [2.75, 3.05) is 6.54 Å². The predicted octanol–water partition coefficient (Wildman–Crippen LogP) is 3.96. The van der Waals surface area contributed by atoms with Gasteiger partial charge in [-0.05, 0) is 37.4 Å². The Morgan fingerprint density at radius 3 is 2.70 bits per heavy atom. The van der Waals surface area contributed by atoms with Crippen LogP contribution in [0.5, 0.6) is 0 Å². The first-order valence-electron chi connectivity index (χ1n) is 6.80. The molecule has 1 aromatic carbocycles. The van der Waals surface area contributed by atoms with Crippen molar-refractivity contribution in [1.29, 1.82) is 0 Å². The molecule has 1 aromatic heterocycles. The van der Waals surface area contributed by atoms with Gasteiger partial charge in [-0.1, -0.05) is 18.2 Å². The lowest BCUT2D eigenvalue weighted by Crippen LogP contribution is -2.32. The van der Waals surface area contributed by atoms with Gasteiger partial charge >= 0.3 is 6.18 Å². The van der Waals surface area contributed by atoms with Crippen molar-refractivity contribution in [2.45, 2.75) is 38.5 Å². The zero-order chi connectivity index (χ0) is 14.6. The Morgan fingerprint density at radius 1 is 1.20 bits per heavy atom. The van der Waals surface area contributed by atoms with Gasteiger partial charge in [-0.3, -0.25) is 0 Å². The number of rotatable bonds is 6. The summed E-state index contributed by atoms with van der Waals surface area (Å²) in [6.45, 7) is 2.96. The fourth-order valence-electron chi connectivity index (χ4n) is 2.35. The highest BCUT2D eigenvalue weighted by molar-refractivity contribution is 5.79. The molecule has 0 amide bonds. The molecular formula is C15H19F3N2. The van der Waals surface area contributed by atoms with Gasteiger partial charge < -0.3 is 9.88 Å². The van der Waals surface area contributed by atoms with Crippen LogP contribution < -0.4 is 5.32 Å². The van der Waals surface area contributed by atoms with E-state index in [0.717, 1.165) is 18.5 Å². The summed E-state index contributed by atoms with van der Waals surface area (Å²) < 4.78 is 38.6. The first-order chi connectivity index (χ1) is 9.46. The van der Waals surface area contributed by atoms with E-state index >= 15 is 0 Å². The molecule has 0 aliphatic heterocycles. The zero-order valence-electron chi connectivity index (χ0n) is 11.5. The van der Waals surface area contributed by atoms with E-state index in [0.29, 0.717) is 6.54 Å². The molecule has 0 spiro atoms. The fraction of sp³-hybridized carbons (Fsp3) is 0.467. The van der Waals surface area contributed by atoms with Crippen LogP contribution in [0.1, 0.15) is 19.8 Å². The Hall–Kier alpha value is -1.49. The fourth-order valence-corrected chi connectivity index (χ4v) is 2.35. The number of para-hydroxylation sites is 1. The van der Waals surface area contributed by atoms with Crippen LogP contribution in [-0.4, -0.2) is 23.3 Å². The molecule has 1 atom stereocenters. The molecule has 1 N–H and O–H groups in total. The van der Waals surface area contributed by atoms with Crippen LogP contribution in [0.4, 0.5) is 13.2 Å². The van der Waals surface area contributed by atoms with Gasteiger partial charge in [0.05, 0.1) is 6.42 Å². The number of hydrogen-bond acceptors (Lipinski definition) is 1. The van der Waals surface area contributed by atoms with E-state index in [-0.39, 0.29) is 0 Å². The highest BCUT2D eigenvalue weighted by Crippen LogP contribution is 2.21. The summed E-state index contributed by atoms with van der Waals surface area (Å²) in [7, 11) is 0. The van der Waals surface area contributed by atoms with Crippen LogP contribution in [0.2, 0.25) is 0 Å². The second kappa shape index (κ2) is 6.31. The van der Waals surface area contributed by atoms with Crippen molar-refractivity contribution in [1.82, 2.24) is 9.88 Å². The van der Waals surface area contributed by atoms with Crippen LogP contribution in [0, 0.1) is 0 Å². The molecule has 0 aliphatic rings. The van der Waals surface area contributed by atoms with Gasteiger partial charge in [0.15, 0.2) is 0 Å². The molecule has 0 aliphatic carbocycles. The minimum Gasteiger partial charge on any atom is -0.347 e. The Labute approximate surface area is 116 Å². The standard InChI is InChI=1S/C15H19F3N2/c1-12(11-15(16,17)18)19-8-4-9-20-10-7-13-5-2-3-6-14(13)20/h2-3,5-7,10,12,19H,4,8-9,11H2,1H3. The van der Waals surface area contributed by atoms with E-state index in [4.69, 9.17) is 0 Å². The number of nitrogens with zero attached hydrogens (tertiary/aromatic N) is 1. The lowest BCUT2D eigenvalue weighted by atomic mass is 10.2. The van der Waals surface area contributed by atoms with Crippen LogP contribution >= 0.6 is 0 Å². The molecule has 0 fully saturated rings. The number of alkyl halides is 3. The summed E-state index contributed by atoms with van der Waals surface area (Å²) in [6.07, 6.45) is -2.05. The normalized spacial score (nSPS) is 13.8. The summed E-state index contributed by atoms with van der Waals surface area (Å²) in [5, 5.41) is 4.10. The molecule has 0 bridgehead atoms. The van der Waals surface area contributed by atoms with Gasteiger partial charge in [0.2, 0.25) is 0 Å². The van der Waals surface area contributed by atoms with E-state index in [1.807, 2.05) is 18.3 Å². The van der Waals surface area contributed by atoms with Gasteiger partial charge in [0, 0.05) is 24.3 Å². The summed E-state index contributed by atoms with van der Waals surface area (Å²) in [5.74, 6) is 0. The quantitative estimate of drug-likeness (QED) is 0.794. The summed E-state index contributed by atoms with van der Waals surface area (Å²) in [4.78, 5) is 0. The Balaban J connectivity index is 1.76. The van der Waals surface area contributed by atoms with Crippen LogP contribution in [0.15, 0.2) is 36.5 Å². The van der Waals surface area contributed by atoms with E-state index < -0.39 is 18.6 Å². The Morgan fingerprint density at radius 2 is 1.95 bits per heavy atom. The Bertz CT molecular complexity index is 545. The predicted molar refractivity (Wildman–Crippen MR) is 74.7 cm³/mol. The van der Waals surface area contributed by atoms with Gasteiger partial charge in [-0.15, -0.1) is 0 Å². The minimum atomic E-state index is -4.09. The zero-order valence-corrected chi connectivity index (χ0v) is 11.5. The molecule has 20 heavy (non-hydrogen) atoms. The lowest BCUT2D eigenvalue weighted by molar-refractivity contribution is -0.139. The number of aromatic nitrogens is 1. The smallest absolute Gasteiger partial charge is 0.347 e. The molecule has 2 nitrogen and oxygen atoms in total. The first-order valence-corrected chi connectivity index (χ1v) is 6.80. The monoisotopic (exact) mass is 284 g/mol. The maximum absolute atomic E-state index is 12.2. The molecule has 0 saturated heterocycles. The number of hydrogen-bond donors (Lipinski definition) is 1. The largest absolute Gasteiger partial charge is 0.390 e. The summed E-state index contributed by atoms with van der Waals surface area (Å²) >= 11 is 0. The maximum atomic E-state index is 12.2. The van der Waals surface area contributed by atoms with Crippen molar-refractivity contribution in [3.8, 4) is 0 Å². The van der Waals surface area contributed by atoms with Gasteiger partial charge in [-0.25, -0.2) is 0 Å².